The van der Waals surface area contributed by atoms with Crippen LogP contribution >= 0.6 is 11.3 Å². The lowest BCUT2D eigenvalue weighted by Crippen LogP contribution is -2.08. The molecule has 0 unspecified atom stereocenters. The second-order valence-electron chi connectivity index (χ2n) is 1.28. The van der Waals surface area contributed by atoms with Gasteiger partial charge in [-0.1, -0.05) is 0 Å². The Bertz CT molecular complexity index is 179. The maximum atomic E-state index is 6.90. The van der Waals surface area contributed by atoms with Gasteiger partial charge in [0.2, 0.25) is 0 Å². The van der Waals surface area contributed by atoms with Crippen LogP contribution in [0.3, 0.4) is 0 Å². The lowest BCUT2D eigenvalue weighted by molar-refractivity contribution is 1.39. The molecule has 0 radical (unpaired) electrons. The highest BCUT2D eigenvalue weighted by Crippen LogP contribution is 2.01. The Kier molecular flexibility index (Phi) is 1.26. The number of rotatable bonds is 1. The Hall–Kier alpha value is -0.900. The van der Waals surface area contributed by atoms with Crippen molar-refractivity contribution in [2.24, 2.45) is 5.73 Å². The van der Waals surface area contributed by atoms with Crippen LogP contribution in [0.4, 0.5) is 0 Å². The molecule has 0 spiro atoms. The molecule has 42 valence electrons. The highest BCUT2D eigenvalue weighted by atomic mass is 32.1. The fraction of sp³-hybridized carbons (Fsp3) is 0. The van der Waals surface area contributed by atoms with Crippen molar-refractivity contribution >= 4 is 17.2 Å². The van der Waals surface area contributed by atoms with Gasteiger partial charge < -0.3 is 5.73 Å². The normalized spacial score (nSPS) is 9.00. The Morgan fingerprint density at radius 3 is 2.88 bits per heavy atom. The third-order valence-electron chi connectivity index (χ3n) is 0.698. The average Bonchev–Trinajstić information content (AvgIpc) is 2.12. The summed E-state index contributed by atoms with van der Waals surface area (Å²) in [6.07, 6.45) is 1.58. The Morgan fingerprint density at radius 1 is 1.88 bits per heavy atom. The zero-order valence-electron chi connectivity index (χ0n) is 4.09. The van der Waals surface area contributed by atoms with E-state index >= 15 is 0 Å². The maximum Gasteiger partial charge on any atom is 0.134 e. The van der Waals surface area contributed by atoms with Crippen LogP contribution in [0.15, 0.2) is 11.7 Å². The van der Waals surface area contributed by atoms with Crippen molar-refractivity contribution in [1.29, 1.82) is 5.41 Å². The number of thiazole rings is 1. The van der Waals surface area contributed by atoms with Crippen molar-refractivity contribution in [2.45, 2.75) is 0 Å². The number of hydrogen-bond acceptors (Lipinski definition) is 3. The molecule has 0 saturated heterocycles. The summed E-state index contributed by atoms with van der Waals surface area (Å²) in [4.78, 5) is 4.47. The number of aromatic nitrogens is 1. The van der Waals surface area contributed by atoms with Crippen molar-refractivity contribution in [1.82, 2.24) is 4.98 Å². The van der Waals surface area contributed by atoms with Crippen molar-refractivity contribution in [3.05, 3.63) is 16.6 Å². The SMILES string of the molecule is N=C(N)c1cncs1. The molecule has 4 heteroatoms. The summed E-state index contributed by atoms with van der Waals surface area (Å²) < 4.78 is 0. The molecule has 0 saturated carbocycles. The van der Waals surface area contributed by atoms with Crippen LogP contribution in [-0.4, -0.2) is 10.8 Å². The predicted molar refractivity (Wildman–Crippen MR) is 33.1 cm³/mol. The quantitative estimate of drug-likeness (QED) is 0.424. The second-order valence-corrected chi connectivity index (χ2v) is 2.17. The number of nitrogens with zero attached hydrogens (tertiary/aromatic N) is 1. The Labute approximate surface area is 50.7 Å². The minimum Gasteiger partial charge on any atom is -0.383 e. The molecule has 0 aliphatic heterocycles. The number of hydrogen-bond donors (Lipinski definition) is 2. The van der Waals surface area contributed by atoms with Gasteiger partial charge in [-0.05, 0) is 0 Å². The molecule has 0 aromatic carbocycles. The summed E-state index contributed by atoms with van der Waals surface area (Å²) in [5.41, 5.74) is 6.76. The topological polar surface area (TPSA) is 62.8 Å². The predicted octanol–water partition coefficient (Wildman–Crippen LogP) is 0.427. The first kappa shape index (κ1) is 5.24. The number of nitrogen functional groups attached to an aromatic ring is 1. The van der Waals surface area contributed by atoms with E-state index in [-0.39, 0.29) is 5.84 Å². The van der Waals surface area contributed by atoms with Gasteiger partial charge in [0.25, 0.3) is 0 Å². The zero-order valence-corrected chi connectivity index (χ0v) is 4.90. The highest BCUT2D eigenvalue weighted by molar-refractivity contribution is 7.11. The largest absolute Gasteiger partial charge is 0.383 e. The van der Waals surface area contributed by atoms with E-state index in [9.17, 15) is 0 Å². The molecule has 1 aromatic rings. The number of nitrogens with two attached hydrogens (primary N) is 1. The van der Waals surface area contributed by atoms with Crippen LogP contribution in [0.25, 0.3) is 0 Å². The fourth-order valence-electron chi connectivity index (χ4n) is 0.349. The fourth-order valence-corrected chi connectivity index (χ4v) is 0.833. The van der Waals surface area contributed by atoms with Crippen LogP contribution in [0.2, 0.25) is 0 Å². The van der Waals surface area contributed by atoms with Gasteiger partial charge in [-0.25, -0.2) is 0 Å². The molecule has 3 N–H and O–H groups in total. The molecule has 3 nitrogen and oxygen atoms in total. The van der Waals surface area contributed by atoms with Crippen LogP contribution < -0.4 is 5.73 Å². The monoisotopic (exact) mass is 127 g/mol. The van der Waals surface area contributed by atoms with Crippen molar-refractivity contribution < 1.29 is 0 Å². The van der Waals surface area contributed by atoms with Crippen LogP contribution in [0.1, 0.15) is 4.88 Å². The summed E-state index contributed by atoms with van der Waals surface area (Å²) in [7, 11) is 0. The van der Waals surface area contributed by atoms with E-state index in [2.05, 4.69) is 4.98 Å². The smallest absolute Gasteiger partial charge is 0.134 e. The number of amidine groups is 1. The lowest BCUT2D eigenvalue weighted by Gasteiger charge is -1.83. The summed E-state index contributed by atoms with van der Waals surface area (Å²) in [5, 5.41) is 6.90. The Balaban J connectivity index is 2.93. The molecule has 8 heavy (non-hydrogen) atoms. The van der Waals surface area contributed by atoms with Gasteiger partial charge in [-0.15, -0.1) is 11.3 Å². The van der Waals surface area contributed by atoms with Gasteiger partial charge >= 0.3 is 0 Å². The molecule has 1 aromatic heterocycles. The molecule has 1 rings (SSSR count). The molecule has 0 aliphatic rings. The first-order chi connectivity index (χ1) is 3.80. The summed E-state index contributed by atoms with van der Waals surface area (Å²) in [5.74, 6) is 0.0903. The first-order valence-electron chi connectivity index (χ1n) is 2.03. The second kappa shape index (κ2) is 1.92. The molecular formula is C4H5N3S. The summed E-state index contributed by atoms with van der Waals surface area (Å²) in [6, 6.07) is 0. The highest BCUT2D eigenvalue weighted by Gasteiger charge is 1.93. The summed E-state index contributed by atoms with van der Waals surface area (Å²) >= 11 is 1.37. The van der Waals surface area contributed by atoms with Gasteiger partial charge in [0.1, 0.15) is 5.84 Å². The van der Waals surface area contributed by atoms with Crippen LogP contribution in [0, 0.1) is 5.41 Å². The Morgan fingerprint density at radius 2 is 2.62 bits per heavy atom. The minimum absolute atomic E-state index is 0.0903. The molecular weight excluding hydrogens is 122 g/mol. The molecule has 0 bridgehead atoms. The van der Waals surface area contributed by atoms with E-state index in [4.69, 9.17) is 11.1 Å². The molecule has 0 fully saturated rings. The van der Waals surface area contributed by atoms with Gasteiger partial charge in [0.15, 0.2) is 0 Å². The van der Waals surface area contributed by atoms with Crippen molar-refractivity contribution in [3.8, 4) is 0 Å². The van der Waals surface area contributed by atoms with Crippen molar-refractivity contribution in [2.75, 3.05) is 0 Å². The van der Waals surface area contributed by atoms with E-state index < -0.39 is 0 Å². The van der Waals surface area contributed by atoms with Crippen LogP contribution in [0.5, 0.6) is 0 Å². The molecule has 0 aliphatic carbocycles. The van der Waals surface area contributed by atoms with E-state index in [1.165, 1.54) is 11.3 Å². The standard InChI is InChI=1S/C4H5N3S/c5-4(6)3-1-7-2-8-3/h1-2H,(H3,5,6). The maximum absolute atomic E-state index is 6.90. The first-order valence-corrected chi connectivity index (χ1v) is 2.91. The average molecular weight is 127 g/mol. The van der Waals surface area contributed by atoms with E-state index in [1.807, 2.05) is 0 Å². The van der Waals surface area contributed by atoms with Gasteiger partial charge in [0.05, 0.1) is 10.4 Å². The third-order valence-corrected chi connectivity index (χ3v) is 1.50. The number of nitrogens with one attached hydrogen (secondary N) is 1. The van der Waals surface area contributed by atoms with Gasteiger partial charge in [0, 0.05) is 6.20 Å². The zero-order chi connectivity index (χ0) is 5.98. The summed E-state index contributed by atoms with van der Waals surface area (Å²) in [6.45, 7) is 0. The molecule has 1 heterocycles. The van der Waals surface area contributed by atoms with E-state index in [1.54, 1.807) is 11.7 Å². The van der Waals surface area contributed by atoms with Crippen molar-refractivity contribution in [3.63, 3.8) is 0 Å². The minimum atomic E-state index is 0.0903. The molecule has 0 atom stereocenters. The van der Waals surface area contributed by atoms with Gasteiger partial charge in [-0.3, -0.25) is 10.4 Å². The van der Waals surface area contributed by atoms with E-state index in [0.717, 1.165) is 4.88 Å². The molecule has 0 amide bonds. The van der Waals surface area contributed by atoms with Gasteiger partial charge in [-0.2, -0.15) is 0 Å². The lowest BCUT2D eigenvalue weighted by atomic mass is 10.5. The van der Waals surface area contributed by atoms with Crippen LogP contribution in [-0.2, 0) is 0 Å². The third kappa shape index (κ3) is 0.840. The van der Waals surface area contributed by atoms with E-state index in [0.29, 0.717) is 0 Å².